The van der Waals surface area contributed by atoms with E-state index in [0.29, 0.717) is 11.5 Å². The van der Waals surface area contributed by atoms with Gasteiger partial charge in [-0.05, 0) is 17.5 Å². The molecule has 0 fully saturated rings. The number of pyridine rings is 1. The minimum atomic E-state index is 0.340. The van der Waals surface area contributed by atoms with Crippen molar-refractivity contribution in [2.45, 2.75) is 19.8 Å². The normalized spacial score (nSPS) is 10.9. The highest BCUT2D eigenvalue weighted by Crippen LogP contribution is 2.27. The van der Waals surface area contributed by atoms with Crippen LogP contribution in [0.5, 0.6) is 0 Å². The third kappa shape index (κ3) is 1.39. The molecule has 0 spiro atoms. The van der Waals surface area contributed by atoms with Crippen molar-refractivity contribution in [2.75, 3.05) is 0 Å². The van der Waals surface area contributed by atoms with Gasteiger partial charge in [0, 0.05) is 24.8 Å². The highest BCUT2D eigenvalue weighted by atomic mass is 15.0. The summed E-state index contributed by atoms with van der Waals surface area (Å²) in [5.41, 5.74) is 2.73. The van der Waals surface area contributed by atoms with Crippen LogP contribution < -0.4 is 0 Å². The minimum Gasteiger partial charge on any atom is -0.336 e. The molecule has 0 saturated heterocycles. The van der Waals surface area contributed by atoms with Crippen LogP contribution >= 0.6 is 0 Å². The first kappa shape index (κ1) is 9.72. The molecule has 0 amide bonds. The van der Waals surface area contributed by atoms with Crippen molar-refractivity contribution in [2.24, 2.45) is 7.05 Å². The number of hydrogen-bond donors (Lipinski definition) is 0. The fraction of sp³-hybridized carbons (Fsp3) is 0.333. The number of fused-ring (bicyclic) bond motifs is 1. The molecule has 0 aliphatic heterocycles. The van der Waals surface area contributed by atoms with E-state index >= 15 is 0 Å². The van der Waals surface area contributed by atoms with Gasteiger partial charge in [-0.2, -0.15) is 5.26 Å². The van der Waals surface area contributed by atoms with Crippen molar-refractivity contribution in [3.8, 4) is 6.07 Å². The van der Waals surface area contributed by atoms with Crippen LogP contribution in [0, 0.1) is 11.3 Å². The molecule has 0 radical (unpaired) electrons. The number of aryl methyl sites for hydroxylation is 1. The molecule has 0 atom stereocenters. The Hall–Kier alpha value is -1.82. The van der Waals surface area contributed by atoms with Gasteiger partial charge in [0.15, 0.2) is 0 Å². The Morgan fingerprint density at radius 1 is 1.47 bits per heavy atom. The van der Waals surface area contributed by atoms with Gasteiger partial charge in [-0.15, -0.1) is 0 Å². The zero-order valence-corrected chi connectivity index (χ0v) is 9.15. The largest absolute Gasteiger partial charge is 0.336 e. The smallest absolute Gasteiger partial charge is 0.139 e. The molecule has 2 aromatic heterocycles. The fourth-order valence-electron chi connectivity index (χ4n) is 1.94. The van der Waals surface area contributed by atoms with Crippen LogP contribution in [-0.2, 0) is 7.05 Å². The number of rotatable bonds is 1. The summed E-state index contributed by atoms with van der Waals surface area (Å²) in [6, 6.07) is 4.23. The molecule has 0 N–H and O–H groups in total. The molecule has 0 bridgehead atoms. The predicted octanol–water partition coefficient (Wildman–Crippen LogP) is 2.57. The topological polar surface area (TPSA) is 41.6 Å². The number of hydrogen-bond acceptors (Lipinski definition) is 2. The molecule has 2 aromatic rings. The molecular weight excluding hydrogens is 186 g/mol. The quantitative estimate of drug-likeness (QED) is 0.708. The van der Waals surface area contributed by atoms with Gasteiger partial charge in [-0.25, -0.2) is 4.98 Å². The van der Waals surface area contributed by atoms with Crippen molar-refractivity contribution >= 4 is 11.0 Å². The van der Waals surface area contributed by atoms with E-state index in [1.54, 1.807) is 6.20 Å². The first-order chi connectivity index (χ1) is 7.15. The molecule has 2 rings (SSSR count). The lowest BCUT2D eigenvalue weighted by Gasteiger charge is -2.09. The van der Waals surface area contributed by atoms with Crippen LogP contribution in [0.4, 0.5) is 0 Å². The van der Waals surface area contributed by atoms with E-state index in [-0.39, 0.29) is 0 Å². The second-order valence-electron chi connectivity index (χ2n) is 4.02. The molecule has 0 saturated carbocycles. The first-order valence-electron chi connectivity index (χ1n) is 4.99. The van der Waals surface area contributed by atoms with Crippen LogP contribution in [0.25, 0.3) is 11.0 Å². The molecule has 0 aliphatic carbocycles. The average Bonchev–Trinajstić information content (AvgIpc) is 2.58. The van der Waals surface area contributed by atoms with Gasteiger partial charge < -0.3 is 4.57 Å². The zero-order chi connectivity index (χ0) is 11.0. The van der Waals surface area contributed by atoms with Crippen molar-refractivity contribution in [3.63, 3.8) is 0 Å². The van der Waals surface area contributed by atoms with Gasteiger partial charge in [0.25, 0.3) is 0 Å². The van der Waals surface area contributed by atoms with Crippen molar-refractivity contribution in [1.82, 2.24) is 9.55 Å². The van der Waals surface area contributed by atoms with E-state index < -0.39 is 0 Å². The van der Waals surface area contributed by atoms with E-state index in [4.69, 9.17) is 5.26 Å². The summed E-state index contributed by atoms with van der Waals surface area (Å²) >= 11 is 0. The summed E-state index contributed by atoms with van der Waals surface area (Å²) in [5, 5.41) is 10.1. The highest BCUT2D eigenvalue weighted by molar-refractivity contribution is 5.82. The van der Waals surface area contributed by atoms with Gasteiger partial charge in [-0.1, -0.05) is 13.8 Å². The van der Waals surface area contributed by atoms with Crippen molar-refractivity contribution < 1.29 is 0 Å². The maximum atomic E-state index is 9.04. The Balaban J connectivity index is 2.87. The van der Waals surface area contributed by atoms with Gasteiger partial charge in [0.1, 0.15) is 11.7 Å². The van der Waals surface area contributed by atoms with E-state index in [1.165, 1.54) is 0 Å². The molecular formula is C12H13N3. The molecule has 76 valence electrons. The Morgan fingerprint density at radius 3 is 2.80 bits per heavy atom. The van der Waals surface area contributed by atoms with Crippen LogP contribution in [0.2, 0.25) is 0 Å². The summed E-state index contributed by atoms with van der Waals surface area (Å²) in [4.78, 5) is 4.30. The van der Waals surface area contributed by atoms with E-state index in [9.17, 15) is 0 Å². The van der Waals surface area contributed by atoms with Crippen LogP contribution in [-0.4, -0.2) is 9.55 Å². The van der Waals surface area contributed by atoms with Crippen LogP contribution in [0.15, 0.2) is 18.5 Å². The fourth-order valence-corrected chi connectivity index (χ4v) is 1.94. The third-order valence-electron chi connectivity index (χ3n) is 2.63. The average molecular weight is 199 g/mol. The second-order valence-corrected chi connectivity index (χ2v) is 4.02. The van der Waals surface area contributed by atoms with Gasteiger partial charge in [0.05, 0.1) is 5.56 Å². The van der Waals surface area contributed by atoms with Crippen molar-refractivity contribution in [1.29, 1.82) is 5.26 Å². The summed E-state index contributed by atoms with van der Waals surface area (Å²) in [7, 11) is 1.96. The molecule has 3 nitrogen and oxygen atoms in total. The highest BCUT2D eigenvalue weighted by Gasteiger charge is 2.13. The van der Waals surface area contributed by atoms with Gasteiger partial charge in [0.2, 0.25) is 0 Å². The molecule has 0 unspecified atom stereocenters. The number of nitrogens with zero attached hydrogens (tertiary/aromatic N) is 3. The van der Waals surface area contributed by atoms with E-state index in [1.807, 2.05) is 23.9 Å². The molecule has 0 aliphatic rings. The van der Waals surface area contributed by atoms with Crippen molar-refractivity contribution in [3.05, 3.63) is 29.6 Å². The molecule has 0 aromatic carbocycles. The van der Waals surface area contributed by atoms with E-state index in [2.05, 4.69) is 24.9 Å². The van der Waals surface area contributed by atoms with Gasteiger partial charge in [-0.3, -0.25) is 0 Å². The summed E-state index contributed by atoms with van der Waals surface area (Å²) in [5.74, 6) is 0.340. The first-order valence-corrected chi connectivity index (χ1v) is 4.99. The zero-order valence-electron chi connectivity index (χ0n) is 9.15. The van der Waals surface area contributed by atoms with Crippen LogP contribution in [0.3, 0.4) is 0 Å². The lowest BCUT2D eigenvalue weighted by atomic mass is 9.97. The predicted molar refractivity (Wildman–Crippen MR) is 59.5 cm³/mol. The molecule has 3 heteroatoms. The summed E-state index contributed by atoms with van der Waals surface area (Å²) < 4.78 is 1.97. The Labute approximate surface area is 89.0 Å². The standard InChI is InChI=1S/C12H13N3/c1-8(2)11-9(6-13)7-14-12-10(11)4-5-15(12)3/h4-5,7-8H,1-3H3. The lowest BCUT2D eigenvalue weighted by Crippen LogP contribution is -1.97. The SMILES string of the molecule is CC(C)c1c(C#N)cnc2c1ccn2C. The summed E-state index contributed by atoms with van der Waals surface area (Å²) in [6.07, 6.45) is 3.64. The summed E-state index contributed by atoms with van der Waals surface area (Å²) in [6.45, 7) is 4.20. The lowest BCUT2D eigenvalue weighted by molar-refractivity contribution is 0.867. The van der Waals surface area contributed by atoms with E-state index in [0.717, 1.165) is 16.6 Å². The maximum Gasteiger partial charge on any atom is 0.139 e. The Kier molecular flexibility index (Phi) is 2.20. The molecule has 15 heavy (non-hydrogen) atoms. The van der Waals surface area contributed by atoms with Crippen LogP contribution in [0.1, 0.15) is 30.9 Å². The monoisotopic (exact) mass is 199 g/mol. The second kappa shape index (κ2) is 3.39. The minimum absolute atomic E-state index is 0.340. The number of nitriles is 1. The Morgan fingerprint density at radius 2 is 2.20 bits per heavy atom. The number of aromatic nitrogens is 2. The van der Waals surface area contributed by atoms with Gasteiger partial charge >= 0.3 is 0 Å². The maximum absolute atomic E-state index is 9.04. The Bertz CT molecular complexity index is 544. The third-order valence-corrected chi connectivity index (χ3v) is 2.63. The molecule has 2 heterocycles.